The van der Waals surface area contributed by atoms with Gasteiger partial charge in [-0.2, -0.15) is 0 Å². The van der Waals surface area contributed by atoms with E-state index >= 15 is 0 Å². The molecule has 1 aliphatic heterocycles. The summed E-state index contributed by atoms with van der Waals surface area (Å²) < 4.78 is 7.08. The number of fused-ring (bicyclic) bond motifs is 1. The number of methoxy groups -OCH3 is 1. The molecule has 146 valence electrons. The zero-order chi connectivity index (χ0) is 20.5. The second-order valence-electron chi connectivity index (χ2n) is 6.54. The Bertz CT molecular complexity index is 1310. The number of esters is 1. The average Bonchev–Trinajstić information content (AvgIpc) is 3.02. The Hall–Kier alpha value is -2.96. The van der Waals surface area contributed by atoms with Gasteiger partial charge in [0.1, 0.15) is 0 Å². The Morgan fingerprint density at radius 2 is 1.97 bits per heavy atom. The maximum Gasteiger partial charge on any atom is 0.338 e. The molecule has 5 nitrogen and oxygen atoms in total. The van der Waals surface area contributed by atoms with Gasteiger partial charge in [0.15, 0.2) is 4.80 Å². The van der Waals surface area contributed by atoms with Crippen molar-refractivity contribution >= 4 is 35.0 Å². The first-order valence-electron chi connectivity index (χ1n) is 8.91. The molecule has 1 aliphatic rings. The lowest BCUT2D eigenvalue weighted by molar-refractivity contribution is -0.136. The molecular weight excluding hydrogens is 408 g/mol. The van der Waals surface area contributed by atoms with Crippen LogP contribution in [-0.4, -0.2) is 17.6 Å². The SMILES string of the molecule is COC(=O)C1=C(C)N=c2s/c(=C/c3cccc(Cl)c3)c(=O)n2[C@H]1c1ccccc1. The molecule has 0 radical (unpaired) electrons. The molecule has 0 aliphatic carbocycles. The first kappa shape index (κ1) is 19.4. The Labute approximate surface area is 175 Å². The third-order valence-electron chi connectivity index (χ3n) is 4.69. The van der Waals surface area contributed by atoms with Gasteiger partial charge < -0.3 is 4.74 Å². The van der Waals surface area contributed by atoms with Gasteiger partial charge in [-0.3, -0.25) is 9.36 Å². The molecule has 7 heteroatoms. The Morgan fingerprint density at radius 3 is 2.66 bits per heavy atom. The number of benzene rings is 2. The van der Waals surface area contributed by atoms with Crippen molar-refractivity contribution in [2.75, 3.05) is 7.11 Å². The predicted molar refractivity (Wildman–Crippen MR) is 114 cm³/mol. The third kappa shape index (κ3) is 3.57. The van der Waals surface area contributed by atoms with Gasteiger partial charge in [-0.15, -0.1) is 0 Å². The predicted octanol–water partition coefficient (Wildman–Crippen LogP) is 3.06. The maximum atomic E-state index is 13.3. The lowest BCUT2D eigenvalue weighted by Crippen LogP contribution is -2.39. The topological polar surface area (TPSA) is 60.7 Å². The van der Waals surface area contributed by atoms with Crippen LogP contribution in [-0.2, 0) is 9.53 Å². The summed E-state index contributed by atoms with van der Waals surface area (Å²) in [6.45, 7) is 1.76. The highest BCUT2D eigenvalue weighted by atomic mass is 35.5. The minimum Gasteiger partial charge on any atom is -0.466 e. The summed E-state index contributed by atoms with van der Waals surface area (Å²) in [6, 6.07) is 16.1. The van der Waals surface area contributed by atoms with Crippen molar-refractivity contribution in [3.63, 3.8) is 0 Å². The van der Waals surface area contributed by atoms with E-state index in [1.165, 1.54) is 18.4 Å². The smallest absolute Gasteiger partial charge is 0.338 e. The van der Waals surface area contributed by atoms with Crippen molar-refractivity contribution in [2.45, 2.75) is 13.0 Å². The highest BCUT2D eigenvalue weighted by Crippen LogP contribution is 2.30. The van der Waals surface area contributed by atoms with E-state index in [4.69, 9.17) is 16.3 Å². The molecule has 3 aromatic rings. The van der Waals surface area contributed by atoms with E-state index in [9.17, 15) is 9.59 Å². The fourth-order valence-electron chi connectivity index (χ4n) is 3.39. The number of carbonyl (C=O) groups excluding carboxylic acids is 1. The van der Waals surface area contributed by atoms with Crippen LogP contribution in [0.15, 0.2) is 75.7 Å². The van der Waals surface area contributed by atoms with Crippen LogP contribution in [0.1, 0.15) is 24.1 Å². The van der Waals surface area contributed by atoms with Crippen LogP contribution in [0, 0.1) is 0 Å². The van der Waals surface area contributed by atoms with Crippen molar-refractivity contribution in [3.8, 4) is 0 Å². The highest BCUT2D eigenvalue weighted by molar-refractivity contribution is 7.07. The normalized spacial score (nSPS) is 16.4. The van der Waals surface area contributed by atoms with Crippen LogP contribution in [0.25, 0.3) is 6.08 Å². The Kier molecular flexibility index (Phi) is 5.22. The summed E-state index contributed by atoms with van der Waals surface area (Å²) in [5.74, 6) is -0.496. The van der Waals surface area contributed by atoms with Crippen molar-refractivity contribution < 1.29 is 9.53 Å². The molecule has 2 heterocycles. The number of hydrogen-bond donors (Lipinski definition) is 0. The van der Waals surface area contributed by atoms with Gasteiger partial charge in [-0.05, 0) is 36.3 Å². The van der Waals surface area contributed by atoms with Gasteiger partial charge in [0, 0.05) is 5.02 Å². The first-order chi connectivity index (χ1) is 14.0. The zero-order valence-corrected chi connectivity index (χ0v) is 17.3. The number of halogens is 1. The van der Waals surface area contributed by atoms with Gasteiger partial charge in [0.25, 0.3) is 5.56 Å². The minimum absolute atomic E-state index is 0.212. The molecule has 0 spiro atoms. The second kappa shape index (κ2) is 7.81. The monoisotopic (exact) mass is 424 g/mol. The van der Waals surface area contributed by atoms with Gasteiger partial charge in [-0.25, -0.2) is 9.79 Å². The number of hydrogen-bond acceptors (Lipinski definition) is 5. The minimum atomic E-state index is -0.596. The van der Waals surface area contributed by atoms with E-state index in [1.807, 2.05) is 42.5 Å². The molecule has 0 bridgehead atoms. The Morgan fingerprint density at radius 1 is 1.21 bits per heavy atom. The molecule has 0 N–H and O–H groups in total. The maximum absolute atomic E-state index is 13.3. The zero-order valence-electron chi connectivity index (χ0n) is 15.8. The molecule has 2 aromatic carbocycles. The number of ether oxygens (including phenoxy) is 1. The second-order valence-corrected chi connectivity index (χ2v) is 7.98. The van der Waals surface area contributed by atoms with Gasteiger partial charge in [-0.1, -0.05) is 65.4 Å². The number of aromatic nitrogens is 1. The molecule has 0 fully saturated rings. The molecule has 0 saturated heterocycles. The summed E-state index contributed by atoms with van der Waals surface area (Å²) >= 11 is 7.35. The van der Waals surface area contributed by atoms with Gasteiger partial charge in [0.2, 0.25) is 0 Å². The number of allylic oxidation sites excluding steroid dienone is 1. The molecule has 29 heavy (non-hydrogen) atoms. The molecule has 1 atom stereocenters. The molecule has 0 saturated carbocycles. The average molecular weight is 425 g/mol. The molecule has 0 unspecified atom stereocenters. The van der Waals surface area contributed by atoms with Crippen LogP contribution in [0.4, 0.5) is 0 Å². The number of carbonyl (C=O) groups is 1. The third-order valence-corrected chi connectivity index (χ3v) is 5.91. The fraction of sp³-hybridized carbons (Fsp3) is 0.136. The summed E-state index contributed by atoms with van der Waals surface area (Å²) in [5.41, 5.74) is 2.33. The summed E-state index contributed by atoms with van der Waals surface area (Å²) in [6.07, 6.45) is 1.79. The van der Waals surface area contributed by atoms with Crippen LogP contribution >= 0.6 is 22.9 Å². The quantitative estimate of drug-likeness (QED) is 0.607. The molecule has 4 rings (SSSR count). The highest BCUT2D eigenvalue weighted by Gasteiger charge is 2.32. The van der Waals surface area contributed by atoms with Gasteiger partial charge >= 0.3 is 5.97 Å². The van der Waals surface area contributed by atoms with Crippen LogP contribution < -0.4 is 14.9 Å². The fourth-order valence-corrected chi connectivity index (χ4v) is 4.64. The molecular formula is C22H17ClN2O3S. The molecule has 0 amide bonds. The summed E-state index contributed by atoms with van der Waals surface area (Å²) in [7, 11) is 1.33. The van der Waals surface area contributed by atoms with E-state index in [0.29, 0.717) is 25.6 Å². The number of thiazole rings is 1. The first-order valence-corrected chi connectivity index (χ1v) is 10.1. The number of rotatable bonds is 3. The van der Waals surface area contributed by atoms with E-state index in [2.05, 4.69) is 4.99 Å². The van der Waals surface area contributed by atoms with E-state index in [1.54, 1.807) is 29.7 Å². The lowest BCUT2D eigenvalue weighted by atomic mass is 9.96. The Balaban J connectivity index is 1.98. The summed E-state index contributed by atoms with van der Waals surface area (Å²) in [5, 5.41) is 0.595. The van der Waals surface area contributed by atoms with Crippen molar-refractivity contribution in [1.82, 2.24) is 4.57 Å². The van der Waals surface area contributed by atoms with Crippen molar-refractivity contribution in [2.24, 2.45) is 4.99 Å². The van der Waals surface area contributed by atoms with E-state index in [0.717, 1.165) is 11.1 Å². The number of nitrogens with zero attached hydrogens (tertiary/aromatic N) is 2. The van der Waals surface area contributed by atoms with Crippen LogP contribution in [0.3, 0.4) is 0 Å². The van der Waals surface area contributed by atoms with E-state index < -0.39 is 12.0 Å². The largest absolute Gasteiger partial charge is 0.466 e. The standard InChI is InChI=1S/C22H17ClN2O3S/c1-13-18(21(27)28-2)19(15-8-4-3-5-9-15)25-20(26)17(29-22(25)24-13)12-14-7-6-10-16(23)11-14/h3-12,19H,1-2H3/b17-12+/t19-/m0/s1. The van der Waals surface area contributed by atoms with Crippen LogP contribution in [0.5, 0.6) is 0 Å². The van der Waals surface area contributed by atoms with Crippen LogP contribution in [0.2, 0.25) is 5.02 Å². The van der Waals surface area contributed by atoms with Gasteiger partial charge in [0.05, 0.1) is 29.0 Å². The summed E-state index contributed by atoms with van der Waals surface area (Å²) in [4.78, 5) is 30.9. The molecule has 1 aromatic heterocycles. The van der Waals surface area contributed by atoms with Crippen molar-refractivity contribution in [1.29, 1.82) is 0 Å². The lowest BCUT2D eigenvalue weighted by Gasteiger charge is -2.24. The van der Waals surface area contributed by atoms with Crippen molar-refractivity contribution in [3.05, 3.63) is 102 Å². The van der Waals surface area contributed by atoms with E-state index in [-0.39, 0.29) is 5.56 Å².